The minimum atomic E-state index is -2.91. The molecule has 0 spiro atoms. The molecule has 0 bridgehead atoms. The molecule has 2 fully saturated rings. The van der Waals surface area contributed by atoms with Crippen LogP contribution < -0.4 is 5.32 Å². The summed E-state index contributed by atoms with van der Waals surface area (Å²) in [5.74, 6) is -2.91. The Labute approximate surface area is 150 Å². The van der Waals surface area contributed by atoms with Crippen LogP contribution in [0, 0.1) is 0 Å². The number of amides is 1. The quantitative estimate of drug-likeness (QED) is 0.839. The van der Waals surface area contributed by atoms with Gasteiger partial charge in [0.25, 0.3) is 5.92 Å². The maximum absolute atomic E-state index is 14.6. The first kappa shape index (κ1) is 20.4. The van der Waals surface area contributed by atoms with Gasteiger partial charge in [-0.05, 0) is 47.5 Å². The van der Waals surface area contributed by atoms with Crippen LogP contribution in [0.15, 0.2) is 0 Å². The Bertz CT molecular complexity index is 458. The molecule has 2 aliphatic rings. The maximum atomic E-state index is 14.6. The van der Waals surface area contributed by atoms with Crippen LogP contribution in [0.25, 0.3) is 0 Å². The Morgan fingerprint density at radius 2 is 1.80 bits per heavy atom. The summed E-state index contributed by atoms with van der Waals surface area (Å²) < 4.78 is 34.3. The molecular weight excluding hydrogens is 328 g/mol. The molecule has 1 aliphatic heterocycles. The first-order chi connectivity index (χ1) is 11.5. The second-order valence-corrected chi connectivity index (χ2v) is 8.51. The number of halogens is 2. The highest BCUT2D eigenvalue weighted by molar-refractivity contribution is 5.68. The molecule has 0 radical (unpaired) electrons. The molecule has 1 unspecified atom stereocenters. The number of alkyl halides is 2. The van der Waals surface area contributed by atoms with Crippen LogP contribution in [0.3, 0.4) is 0 Å². The standard InChI is InChI=1S/C18H33F2N3O2/c1-13(2)22-9-11-23(12-10-22)14-7-6-8-18(19,20)15(14)21-16(24)25-17(3,4)5/h13-15H,6-12H2,1-5H3,(H,21,24)/t14?,15-/m1/s1. The van der Waals surface area contributed by atoms with Crippen molar-refractivity contribution >= 4 is 6.09 Å². The van der Waals surface area contributed by atoms with Crippen molar-refractivity contribution in [3.63, 3.8) is 0 Å². The van der Waals surface area contributed by atoms with Gasteiger partial charge in [-0.2, -0.15) is 0 Å². The molecule has 1 saturated heterocycles. The van der Waals surface area contributed by atoms with Gasteiger partial charge in [-0.25, -0.2) is 13.6 Å². The molecule has 1 N–H and O–H groups in total. The minimum absolute atomic E-state index is 0.185. The van der Waals surface area contributed by atoms with Crippen LogP contribution in [-0.4, -0.2) is 71.7 Å². The highest BCUT2D eigenvalue weighted by atomic mass is 19.3. The predicted octanol–water partition coefficient (Wildman–Crippen LogP) is 3.09. The van der Waals surface area contributed by atoms with Gasteiger partial charge >= 0.3 is 6.09 Å². The van der Waals surface area contributed by atoms with Crippen LogP contribution in [0.5, 0.6) is 0 Å². The number of ether oxygens (including phenoxy) is 1. The van der Waals surface area contributed by atoms with Crippen molar-refractivity contribution < 1.29 is 18.3 Å². The molecule has 2 rings (SSSR count). The second-order valence-electron chi connectivity index (χ2n) is 8.51. The molecule has 0 aromatic carbocycles. The third kappa shape index (κ3) is 5.51. The third-order valence-electron chi connectivity index (χ3n) is 5.07. The number of carbonyl (C=O) groups excluding carboxylic acids is 1. The average molecular weight is 361 g/mol. The van der Waals surface area contributed by atoms with Crippen molar-refractivity contribution in [3.8, 4) is 0 Å². The van der Waals surface area contributed by atoms with E-state index in [2.05, 4.69) is 29.0 Å². The lowest BCUT2D eigenvalue weighted by molar-refractivity contribution is -0.100. The van der Waals surface area contributed by atoms with Crippen LogP contribution in [0.1, 0.15) is 53.9 Å². The van der Waals surface area contributed by atoms with Gasteiger partial charge in [0.2, 0.25) is 0 Å². The van der Waals surface area contributed by atoms with E-state index in [0.29, 0.717) is 18.9 Å². The molecular formula is C18H33F2N3O2. The highest BCUT2D eigenvalue weighted by Crippen LogP contribution is 2.36. The molecule has 5 nitrogen and oxygen atoms in total. The second kappa shape index (κ2) is 7.74. The Morgan fingerprint density at radius 1 is 1.20 bits per heavy atom. The zero-order chi connectivity index (χ0) is 18.8. The molecule has 1 saturated carbocycles. The summed E-state index contributed by atoms with van der Waals surface area (Å²) in [5.41, 5.74) is -0.702. The van der Waals surface area contributed by atoms with Crippen molar-refractivity contribution in [3.05, 3.63) is 0 Å². The van der Waals surface area contributed by atoms with Crippen LogP contribution >= 0.6 is 0 Å². The Morgan fingerprint density at radius 3 is 2.32 bits per heavy atom. The number of rotatable bonds is 3. The largest absolute Gasteiger partial charge is 0.444 e. The Kier molecular flexibility index (Phi) is 6.30. The molecule has 146 valence electrons. The lowest BCUT2D eigenvalue weighted by atomic mass is 9.85. The van der Waals surface area contributed by atoms with Crippen molar-refractivity contribution in [2.75, 3.05) is 26.2 Å². The van der Waals surface area contributed by atoms with Gasteiger partial charge in [0, 0.05) is 44.7 Å². The molecule has 7 heteroatoms. The molecule has 2 atom stereocenters. The van der Waals surface area contributed by atoms with Crippen molar-refractivity contribution in [1.82, 2.24) is 15.1 Å². The zero-order valence-corrected chi connectivity index (χ0v) is 16.1. The van der Waals surface area contributed by atoms with E-state index in [0.717, 1.165) is 26.2 Å². The summed E-state index contributed by atoms with van der Waals surface area (Å²) in [6.45, 7) is 12.7. The molecule has 25 heavy (non-hydrogen) atoms. The number of hydrogen-bond donors (Lipinski definition) is 1. The Hall–Kier alpha value is -0.950. The molecule has 1 heterocycles. The van der Waals surface area contributed by atoms with Gasteiger partial charge in [-0.3, -0.25) is 9.80 Å². The summed E-state index contributed by atoms with van der Waals surface area (Å²) in [6, 6.07) is -1.07. The monoisotopic (exact) mass is 361 g/mol. The van der Waals surface area contributed by atoms with E-state index >= 15 is 0 Å². The van der Waals surface area contributed by atoms with Crippen molar-refractivity contribution in [2.24, 2.45) is 0 Å². The molecule has 0 aromatic heterocycles. The number of nitrogens with zero attached hydrogens (tertiary/aromatic N) is 2. The third-order valence-corrected chi connectivity index (χ3v) is 5.07. The summed E-state index contributed by atoms with van der Waals surface area (Å²) in [5, 5.41) is 2.48. The fourth-order valence-electron chi connectivity index (χ4n) is 3.77. The average Bonchev–Trinajstić information content (AvgIpc) is 2.47. The summed E-state index contributed by atoms with van der Waals surface area (Å²) in [4.78, 5) is 16.6. The van der Waals surface area contributed by atoms with Gasteiger partial charge in [0.15, 0.2) is 0 Å². The molecule has 1 amide bonds. The molecule has 1 aliphatic carbocycles. The minimum Gasteiger partial charge on any atom is -0.444 e. The SMILES string of the molecule is CC(C)N1CCN(C2CCCC(F)(F)[C@@H]2NC(=O)OC(C)(C)C)CC1. The lowest BCUT2D eigenvalue weighted by Gasteiger charge is -2.47. The number of alkyl carbamates (subject to hydrolysis) is 1. The topological polar surface area (TPSA) is 44.8 Å². The van der Waals surface area contributed by atoms with E-state index in [-0.39, 0.29) is 12.5 Å². The maximum Gasteiger partial charge on any atom is 0.408 e. The molecule has 0 aromatic rings. The summed E-state index contributed by atoms with van der Waals surface area (Å²) >= 11 is 0. The van der Waals surface area contributed by atoms with Crippen LogP contribution in [0.4, 0.5) is 13.6 Å². The van der Waals surface area contributed by atoms with Gasteiger partial charge in [-0.1, -0.05) is 0 Å². The van der Waals surface area contributed by atoms with E-state index in [1.54, 1.807) is 20.8 Å². The lowest BCUT2D eigenvalue weighted by Crippen LogP contribution is -2.64. The van der Waals surface area contributed by atoms with E-state index in [1.807, 2.05) is 0 Å². The first-order valence-electron chi connectivity index (χ1n) is 9.35. The van der Waals surface area contributed by atoms with Crippen molar-refractivity contribution in [1.29, 1.82) is 0 Å². The van der Waals surface area contributed by atoms with Gasteiger partial charge in [0.1, 0.15) is 11.6 Å². The predicted molar refractivity (Wildman–Crippen MR) is 94.0 cm³/mol. The fraction of sp³-hybridized carbons (Fsp3) is 0.944. The van der Waals surface area contributed by atoms with E-state index in [4.69, 9.17) is 4.74 Å². The smallest absolute Gasteiger partial charge is 0.408 e. The summed E-state index contributed by atoms with van der Waals surface area (Å²) in [7, 11) is 0. The van der Waals surface area contributed by atoms with E-state index in [9.17, 15) is 13.6 Å². The van der Waals surface area contributed by atoms with E-state index < -0.39 is 23.7 Å². The highest BCUT2D eigenvalue weighted by Gasteiger charge is 2.50. The Balaban J connectivity index is 2.05. The summed E-state index contributed by atoms with van der Waals surface area (Å²) in [6.07, 6.45) is 0.215. The first-order valence-corrected chi connectivity index (χ1v) is 9.35. The fourth-order valence-corrected chi connectivity index (χ4v) is 3.77. The number of hydrogen-bond acceptors (Lipinski definition) is 4. The van der Waals surface area contributed by atoms with E-state index in [1.165, 1.54) is 0 Å². The zero-order valence-electron chi connectivity index (χ0n) is 16.1. The van der Waals surface area contributed by atoms with Gasteiger partial charge in [0.05, 0.1) is 0 Å². The normalized spacial score (nSPS) is 28.8. The van der Waals surface area contributed by atoms with Gasteiger partial charge in [-0.15, -0.1) is 0 Å². The van der Waals surface area contributed by atoms with Gasteiger partial charge < -0.3 is 10.1 Å². The van der Waals surface area contributed by atoms with Crippen molar-refractivity contribution in [2.45, 2.75) is 83.5 Å². The van der Waals surface area contributed by atoms with Crippen LogP contribution in [0.2, 0.25) is 0 Å². The number of piperazine rings is 1. The van der Waals surface area contributed by atoms with Crippen LogP contribution in [-0.2, 0) is 4.74 Å². The number of nitrogens with one attached hydrogen (secondary N) is 1. The number of carbonyl (C=O) groups is 1.